The van der Waals surface area contributed by atoms with Crippen LogP contribution in [0.5, 0.6) is 0 Å². The van der Waals surface area contributed by atoms with Crippen molar-refractivity contribution < 1.29 is 4.74 Å². The highest BCUT2D eigenvalue weighted by atomic mass is 16.5. The Morgan fingerprint density at radius 1 is 1.20 bits per heavy atom. The predicted molar refractivity (Wildman–Crippen MR) is 82.3 cm³/mol. The molecule has 1 aliphatic heterocycles. The molecular weight excluding hydrogens is 248 g/mol. The molecule has 0 radical (unpaired) electrons. The Morgan fingerprint density at radius 3 is 2.85 bits per heavy atom. The maximum Gasteiger partial charge on any atom is 0.0495 e. The normalized spacial score (nSPS) is 20.4. The van der Waals surface area contributed by atoms with Gasteiger partial charge in [-0.05, 0) is 41.5 Å². The Balaban J connectivity index is 1.76. The maximum absolute atomic E-state index is 5.75. The molecule has 2 aromatic rings. The highest BCUT2D eigenvalue weighted by molar-refractivity contribution is 5.85. The van der Waals surface area contributed by atoms with Gasteiger partial charge in [0, 0.05) is 19.3 Å². The third-order valence-corrected chi connectivity index (χ3v) is 4.22. The lowest BCUT2D eigenvalue weighted by Gasteiger charge is -2.20. The molecule has 20 heavy (non-hydrogen) atoms. The Bertz CT molecular complexity index is 558. The first kappa shape index (κ1) is 13.6. The molecule has 3 rings (SSSR count). The van der Waals surface area contributed by atoms with Gasteiger partial charge >= 0.3 is 0 Å². The fourth-order valence-corrected chi connectivity index (χ4v) is 3.12. The third kappa shape index (κ3) is 3.01. The van der Waals surface area contributed by atoms with Crippen molar-refractivity contribution in [2.75, 3.05) is 13.2 Å². The number of ether oxygens (including phenoxy) is 1. The quantitative estimate of drug-likeness (QED) is 0.648. The van der Waals surface area contributed by atoms with Crippen LogP contribution in [-0.2, 0) is 11.2 Å². The molecule has 3 heteroatoms. The second-order valence-corrected chi connectivity index (χ2v) is 5.67. The Hall–Kier alpha value is -1.42. The van der Waals surface area contributed by atoms with Gasteiger partial charge in [0.1, 0.15) is 0 Å². The van der Waals surface area contributed by atoms with Crippen molar-refractivity contribution in [3.05, 3.63) is 48.0 Å². The summed E-state index contributed by atoms with van der Waals surface area (Å²) >= 11 is 0. The molecule has 1 fully saturated rings. The highest BCUT2D eigenvalue weighted by Gasteiger charge is 2.20. The van der Waals surface area contributed by atoms with Crippen molar-refractivity contribution in [3.63, 3.8) is 0 Å². The molecule has 3 N–H and O–H groups in total. The van der Waals surface area contributed by atoms with Gasteiger partial charge in [0.15, 0.2) is 0 Å². The zero-order chi connectivity index (χ0) is 13.8. The Labute approximate surface area is 120 Å². The summed E-state index contributed by atoms with van der Waals surface area (Å²) in [4.78, 5) is 0. The average molecular weight is 270 g/mol. The summed E-state index contributed by atoms with van der Waals surface area (Å²) < 4.78 is 5.45. The summed E-state index contributed by atoms with van der Waals surface area (Å²) in [5.74, 6) is 6.40. The van der Waals surface area contributed by atoms with Crippen LogP contribution in [0, 0.1) is 5.92 Å². The van der Waals surface area contributed by atoms with Crippen molar-refractivity contribution in [2.24, 2.45) is 11.8 Å². The van der Waals surface area contributed by atoms with Crippen LogP contribution >= 0.6 is 0 Å². The lowest BCUT2D eigenvalue weighted by Crippen LogP contribution is -2.38. The van der Waals surface area contributed by atoms with E-state index in [-0.39, 0.29) is 0 Å². The molecule has 1 saturated heterocycles. The first-order chi connectivity index (χ1) is 9.86. The van der Waals surface area contributed by atoms with Crippen LogP contribution in [0.1, 0.15) is 18.4 Å². The number of benzene rings is 2. The van der Waals surface area contributed by atoms with E-state index in [1.54, 1.807) is 0 Å². The molecule has 2 aromatic carbocycles. The molecule has 3 nitrogen and oxygen atoms in total. The summed E-state index contributed by atoms with van der Waals surface area (Å²) in [6, 6.07) is 15.3. The van der Waals surface area contributed by atoms with Crippen LogP contribution in [0.4, 0.5) is 0 Å². The molecule has 106 valence electrons. The van der Waals surface area contributed by atoms with E-state index in [2.05, 4.69) is 47.9 Å². The first-order valence-corrected chi connectivity index (χ1v) is 7.37. The lowest BCUT2D eigenvalue weighted by molar-refractivity contribution is 0.181. The molecule has 0 spiro atoms. The fourth-order valence-electron chi connectivity index (χ4n) is 3.12. The van der Waals surface area contributed by atoms with E-state index in [1.807, 2.05) is 0 Å². The van der Waals surface area contributed by atoms with E-state index in [0.29, 0.717) is 12.0 Å². The minimum absolute atomic E-state index is 0.313. The molecule has 1 heterocycles. The van der Waals surface area contributed by atoms with E-state index in [4.69, 9.17) is 10.6 Å². The molecule has 0 aliphatic carbocycles. The van der Waals surface area contributed by atoms with Gasteiger partial charge in [-0.2, -0.15) is 0 Å². The Kier molecular flexibility index (Phi) is 4.31. The third-order valence-electron chi connectivity index (χ3n) is 4.22. The van der Waals surface area contributed by atoms with Gasteiger partial charge in [-0.1, -0.05) is 42.5 Å². The molecule has 0 amide bonds. The van der Waals surface area contributed by atoms with E-state index in [1.165, 1.54) is 16.3 Å². The van der Waals surface area contributed by atoms with E-state index < -0.39 is 0 Å². The van der Waals surface area contributed by atoms with Crippen molar-refractivity contribution >= 4 is 10.8 Å². The van der Waals surface area contributed by atoms with Crippen LogP contribution < -0.4 is 11.3 Å². The van der Waals surface area contributed by atoms with Gasteiger partial charge in [0.2, 0.25) is 0 Å². The van der Waals surface area contributed by atoms with Gasteiger partial charge in [0.05, 0.1) is 0 Å². The minimum Gasteiger partial charge on any atom is -0.381 e. The smallest absolute Gasteiger partial charge is 0.0495 e. The van der Waals surface area contributed by atoms with Gasteiger partial charge in [-0.25, -0.2) is 0 Å². The van der Waals surface area contributed by atoms with E-state index in [9.17, 15) is 0 Å². The number of hydrogen-bond donors (Lipinski definition) is 2. The summed E-state index contributed by atoms with van der Waals surface area (Å²) in [6.07, 6.45) is 3.21. The molecule has 0 aromatic heterocycles. The second-order valence-electron chi connectivity index (χ2n) is 5.67. The number of nitrogens with two attached hydrogens (primary N) is 1. The number of hydrogen-bond acceptors (Lipinski definition) is 3. The highest BCUT2D eigenvalue weighted by Crippen LogP contribution is 2.23. The van der Waals surface area contributed by atoms with Gasteiger partial charge in [-0.3, -0.25) is 11.3 Å². The number of hydrazine groups is 1. The lowest BCUT2D eigenvalue weighted by atomic mass is 9.93. The van der Waals surface area contributed by atoms with Crippen molar-refractivity contribution in [1.82, 2.24) is 5.43 Å². The van der Waals surface area contributed by atoms with Crippen LogP contribution in [-0.4, -0.2) is 19.3 Å². The minimum atomic E-state index is 0.313. The van der Waals surface area contributed by atoms with Crippen LogP contribution in [0.2, 0.25) is 0 Å². The van der Waals surface area contributed by atoms with E-state index >= 15 is 0 Å². The standard InChI is InChI=1S/C17H22N2O/c18-19-16(10-13-8-9-20-12-13)11-15-6-3-5-14-4-1-2-7-17(14)15/h1-7,13,16,19H,8-12,18H2. The van der Waals surface area contributed by atoms with Gasteiger partial charge in [-0.15, -0.1) is 0 Å². The summed E-state index contributed by atoms with van der Waals surface area (Å²) in [7, 11) is 0. The monoisotopic (exact) mass is 270 g/mol. The van der Waals surface area contributed by atoms with Crippen LogP contribution in [0.3, 0.4) is 0 Å². The predicted octanol–water partition coefficient (Wildman–Crippen LogP) is 2.64. The molecular formula is C17H22N2O. The molecule has 0 saturated carbocycles. The van der Waals surface area contributed by atoms with Crippen molar-refractivity contribution in [3.8, 4) is 0 Å². The van der Waals surface area contributed by atoms with Crippen molar-refractivity contribution in [1.29, 1.82) is 0 Å². The topological polar surface area (TPSA) is 47.3 Å². The number of nitrogens with one attached hydrogen (secondary N) is 1. The first-order valence-electron chi connectivity index (χ1n) is 7.37. The number of fused-ring (bicyclic) bond motifs is 1. The van der Waals surface area contributed by atoms with Crippen LogP contribution in [0.25, 0.3) is 10.8 Å². The van der Waals surface area contributed by atoms with Crippen LogP contribution in [0.15, 0.2) is 42.5 Å². The number of rotatable bonds is 5. The maximum atomic E-state index is 5.75. The molecule has 2 unspecified atom stereocenters. The SMILES string of the molecule is NNC(Cc1cccc2ccccc12)CC1CCOC1. The summed E-state index contributed by atoms with van der Waals surface area (Å²) in [5.41, 5.74) is 4.35. The fraction of sp³-hybridized carbons (Fsp3) is 0.412. The zero-order valence-electron chi connectivity index (χ0n) is 11.7. The largest absolute Gasteiger partial charge is 0.381 e. The van der Waals surface area contributed by atoms with Gasteiger partial charge in [0.25, 0.3) is 0 Å². The molecule has 2 atom stereocenters. The average Bonchev–Trinajstić information content (AvgIpc) is 3.00. The van der Waals surface area contributed by atoms with E-state index in [0.717, 1.165) is 32.5 Å². The second kappa shape index (κ2) is 6.35. The zero-order valence-corrected chi connectivity index (χ0v) is 11.7. The molecule has 0 bridgehead atoms. The Morgan fingerprint density at radius 2 is 2.05 bits per heavy atom. The summed E-state index contributed by atoms with van der Waals surface area (Å²) in [6.45, 7) is 1.78. The van der Waals surface area contributed by atoms with Crippen molar-refractivity contribution in [2.45, 2.75) is 25.3 Å². The summed E-state index contributed by atoms with van der Waals surface area (Å²) in [5, 5.41) is 2.63. The van der Waals surface area contributed by atoms with Gasteiger partial charge < -0.3 is 4.74 Å². The molecule has 1 aliphatic rings.